The number of rotatable bonds is 4. The number of nitrogens with one attached hydrogen (secondary N) is 1. The maximum absolute atomic E-state index is 6.08. The molecular weight excluding hydrogens is 267 g/mol. The fourth-order valence-electron chi connectivity index (χ4n) is 3.00. The molecular formula is C14H20Cl2N2. The third-order valence-electron chi connectivity index (χ3n) is 4.11. The van der Waals surface area contributed by atoms with Gasteiger partial charge in [-0.2, -0.15) is 0 Å². The van der Waals surface area contributed by atoms with Crippen LogP contribution in [0.1, 0.15) is 44.2 Å². The predicted molar refractivity (Wildman–Crippen MR) is 77.6 cm³/mol. The van der Waals surface area contributed by atoms with E-state index in [0.717, 1.165) is 11.5 Å². The number of benzene rings is 1. The molecule has 0 saturated heterocycles. The molecule has 1 fully saturated rings. The molecule has 0 amide bonds. The fourth-order valence-corrected chi connectivity index (χ4v) is 3.30. The lowest BCUT2D eigenvalue weighted by Gasteiger charge is -2.23. The van der Waals surface area contributed by atoms with Crippen LogP contribution in [0.4, 0.5) is 0 Å². The van der Waals surface area contributed by atoms with Gasteiger partial charge in [0.15, 0.2) is 0 Å². The summed E-state index contributed by atoms with van der Waals surface area (Å²) in [6.07, 6.45) is 5.04. The Labute approximate surface area is 119 Å². The first-order valence-electron chi connectivity index (χ1n) is 6.56. The molecule has 0 aliphatic heterocycles. The fraction of sp³-hybridized carbons (Fsp3) is 0.571. The number of nitrogens with two attached hydrogens (primary N) is 1. The largest absolute Gasteiger partial charge is 0.271 e. The van der Waals surface area contributed by atoms with Crippen LogP contribution in [0.2, 0.25) is 10.0 Å². The van der Waals surface area contributed by atoms with Gasteiger partial charge < -0.3 is 0 Å². The smallest absolute Gasteiger partial charge is 0.0595 e. The summed E-state index contributed by atoms with van der Waals surface area (Å²) in [7, 11) is 0. The van der Waals surface area contributed by atoms with Gasteiger partial charge in [0.05, 0.1) is 10.0 Å². The molecule has 0 aromatic heterocycles. The van der Waals surface area contributed by atoms with Crippen molar-refractivity contribution in [2.75, 3.05) is 0 Å². The van der Waals surface area contributed by atoms with E-state index in [9.17, 15) is 0 Å². The van der Waals surface area contributed by atoms with Crippen molar-refractivity contribution in [1.29, 1.82) is 0 Å². The van der Waals surface area contributed by atoms with Crippen molar-refractivity contribution in [3.05, 3.63) is 33.8 Å². The molecule has 3 unspecified atom stereocenters. The summed E-state index contributed by atoms with van der Waals surface area (Å²) in [5, 5.41) is 1.19. The molecule has 0 bridgehead atoms. The summed E-state index contributed by atoms with van der Waals surface area (Å²) in [5.74, 6) is 7.17. The molecule has 1 saturated carbocycles. The van der Waals surface area contributed by atoms with E-state index < -0.39 is 0 Å². The molecule has 1 aromatic carbocycles. The second kappa shape index (κ2) is 6.25. The van der Waals surface area contributed by atoms with Gasteiger partial charge in [-0.3, -0.25) is 11.3 Å². The first-order valence-corrected chi connectivity index (χ1v) is 7.32. The number of hydrazine groups is 1. The van der Waals surface area contributed by atoms with Crippen LogP contribution in [0.3, 0.4) is 0 Å². The average molecular weight is 287 g/mol. The third kappa shape index (κ3) is 3.00. The molecule has 1 aliphatic rings. The SMILES string of the molecule is CCC1CCC(C(NN)c2ccc(Cl)c(Cl)c2)C1. The minimum Gasteiger partial charge on any atom is -0.271 e. The van der Waals surface area contributed by atoms with Crippen molar-refractivity contribution in [2.24, 2.45) is 17.7 Å². The lowest BCUT2D eigenvalue weighted by Crippen LogP contribution is -2.32. The van der Waals surface area contributed by atoms with Crippen molar-refractivity contribution >= 4 is 23.2 Å². The molecule has 0 radical (unpaired) electrons. The molecule has 18 heavy (non-hydrogen) atoms. The van der Waals surface area contributed by atoms with Crippen molar-refractivity contribution in [3.8, 4) is 0 Å². The number of halogens is 2. The molecule has 0 spiro atoms. The van der Waals surface area contributed by atoms with Crippen LogP contribution in [0.15, 0.2) is 18.2 Å². The minimum atomic E-state index is 0.177. The Hall–Kier alpha value is -0.280. The predicted octanol–water partition coefficient (Wildman–Crippen LogP) is 4.32. The second-order valence-electron chi connectivity index (χ2n) is 5.17. The molecule has 4 heteroatoms. The van der Waals surface area contributed by atoms with Gasteiger partial charge in [0.25, 0.3) is 0 Å². The van der Waals surface area contributed by atoms with E-state index in [2.05, 4.69) is 12.3 Å². The van der Waals surface area contributed by atoms with Gasteiger partial charge in [-0.25, -0.2) is 0 Å². The highest BCUT2D eigenvalue weighted by Crippen LogP contribution is 2.40. The Balaban J connectivity index is 2.15. The first kappa shape index (κ1) is 14.1. The minimum absolute atomic E-state index is 0.177. The molecule has 2 nitrogen and oxygen atoms in total. The maximum atomic E-state index is 6.08. The van der Waals surface area contributed by atoms with Crippen LogP contribution in [-0.4, -0.2) is 0 Å². The van der Waals surface area contributed by atoms with Gasteiger partial charge in [0.2, 0.25) is 0 Å². The Bertz CT molecular complexity index is 409. The molecule has 3 N–H and O–H groups in total. The summed E-state index contributed by atoms with van der Waals surface area (Å²) in [5.41, 5.74) is 4.08. The summed E-state index contributed by atoms with van der Waals surface area (Å²) in [6.45, 7) is 2.26. The molecule has 1 aromatic rings. The van der Waals surface area contributed by atoms with Crippen LogP contribution >= 0.6 is 23.2 Å². The van der Waals surface area contributed by atoms with Crippen molar-refractivity contribution in [2.45, 2.75) is 38.6 Å². The normalized spacial score (nSPS) is 25.3. The number of hydrogen-bond donors (Lipinski definition) is 2. The van der Waals surface area contributed by atoms with E-state index in [1.807, 2.05) is 18.2 Å². The zero-order valence-corrected chi connectivity index (χ0v) is 12.1. The highest BCUT2D eigenvalue weighted by atomic mass is 35.5. The van der Waals surface area contributed by atoms with Crippen LogP contribution in [0.5, 0.6) is 0 Å². The van der Waals surface area contributed by atoms with Crippen LogP contribution < -0.4 is 11.3 Å². The van der Waals surface area contributed by atoms with Gasteiger partial charge in [-0.05, 0) is 42.4 Å². The third-order valence-corrected chi connectivity index (χ3v) is 4.85. The van der Waals surface area contributed by atoms with E-state index in [1.54, 1.807) is 0 Å². The topological polar surface area (TPSA) is 38.0 Å². The van der Waals surface area contributed by atoms with Crippen molar-refractivity contribution < 1.29 is 0 Å². The summed E-state index contributed by atoms with van der Waals surface area (Å²) in [6, 6.07) is 5.96. The Morgan fingerprint density at radius 3 is 2.67 bits per heavy atom. The molecule has 100 valence electrons. The van der Waals surface area contributed by atoms with E-state index in [-0.39, 0.29) is 6.04 Å². The zero-order chi connectivity index (χ0) is 13.1. The van der Waals surface area contributed by atoms with Gasteiger partial charge >= 0.3 is 0 Å². The van der Waals surface area contributed by atoms with Crippen molar-refractivity contribution in [3.63, 3.8) is 0 Å². The Morgan fingerprint density at radius 1 is 1.33 bits per heavy atom. The van der Waals surface area contributed by atoms with Gasteiger partial charge in [0, 0.05) is 6.04 Å². The lowest BCUT2D eigenvalue weighted by molar-refractivity contribution is 0.358. The monoisotopic (exact) mass is 286 g/mol. The molecule has 1 aliphatic carbocycles. The highest BCUT2D eigenvalue weighted by Gasteiger charge is 2.30. The van der Waals surface area contributed by atoms with Crippen molar-refractivity contribution in [1.82, 2.24) is 5.43 Å². The van der Waals surface area contributed by atoms with E-state index >= 15 is 0 Å². The summed E-state index contributed by atoms with van der Waals surface area (Å²) >= 11 is 12.0. The van der Waals surface area contributed by atoms with E-state index in [0.29, 0.717) is 16.0 Å². The van der Waals surface area contributed by atoms with E-state index in [1.165, 1.54) is 25.7 Å². The molecule has 2 rings (SSSR count). The summed E-state index contributed by atoms with van der Waals surface area (Å²) < 4.78 is 0. The quantitative estimate of drug-likeness (QED) is 0.639. The van der Waals surface area contributed by atoms with Gasteiger partial charge in [0.1, 0.15) is 0 Å². The average Bonchev–Trinajstić information content (AvgIpc) is 2.83. The van der Waals surface area contributed by atoms with Gasteiger partial charge in [-0.15, -0.1) is 0 Å². The van der Waals surface area contributed by atoms with Crippen LogP contribution in [0, 0.1) is 11.8 Å². The van der Waals surface area contributed by atoms with Crippen LogP contribution in [0.25, 0.3) is 0 Å². The second-order valence-corrected chi connectivity index (χ2v) is 5.98. The van der Waals surface area contributed by atoms with E-state index in [4.69, 9.17) is 29.0 Å². The van der Waals surface area contributed by atoms with Gasteiger partial charge in [-0.1, -0.05) is 49.0 Å². The first-order chi connectivity index (χ1) is 8.65. The zero-order valence-electron chi connectivity index (χ0n) is 10.6. The Morgan fingerprint density at radius 2 is 2.11 bits per heavy atom. The molecule has 3 atom stereocenters. The summed E-state index contributed by atoms with van der Waals surface area (Å²) in [4.78, 5) is 0. The lowest BCUT2D eigenvalue weighted by atomic mass is 9.91. The maximum Gasteiger partial charge on any atom is 0.0595 e. The number of hydrogen-bond acceptors (Lipinski definition) is 2. The standard InChI is InChI=1S/C14H20Cl2N2/c1-2-9-3-4-10(7-9)14(18-17)11-5-6-12(15)13(16)8-11/h5-6,8-10,14,18H,2-4,7,17H2,1H3. The molecule has 0 heterocycles. The Kier molecular flexibility index (Phi) is 4.91. The van der Waals surface area contributed by atoms with Crippen LogP contribution in [-0.2, 0) is 0 Å². The highest BCUT2D eigenvalue weighted by molar-refractivity contribution is 6.42.